The van der Waals surface area contributed by atoms with Gasteiger partial charge in [-0.1, -0.05) is 86.6 Å². The largest absolute Gasteiger partial charge is 0.233 e. The van der Waals surface area contributed by atoms with E-state index in [1.807, 2.05) is 18.2 Å². The van der Waals surface area contributed by atoms with Crippen LogP contribution in [-0.4, -0.2) is 9.97 Å². The summed E-state index contributed by atoms with van der Waals surface area (Å²) in [6.07, 6.45) is 0. The van der Waals surface area contributed by atoms with Gasteiger partial charge in [0.05, 0.1) is 11.2 Å². The third-order valence-corrected chi connectivity index (χ3v) is 4.40. The average molecular weight is 324 g/mol. The summed E-state index contributed by atoms with van der Waals surface area (Å²) in [4.78, 5) is 9.58. The molecule has 25 heavy (non-hydrogen) atoms. The molecule has 0 amide bonds. The Balaban J connectivity index is 1.84. The van der Waals surface area contributed by atoms with Crippen LogP contribution in [-0.2, 0) is 0 Å². The molecule has 0 radical (unpaired) electrons. The molecule has 2 heteroatoms. The first kappa shape index (κ1) is 15.5. The molecular weight excluding hydrogens is 304 g/mol. The minimum absolute atomic E-state index is 0.298. The molecule has 4 aromatic rings. The maximum atomic E-state index is 4.86. The molecule has 0 unspecified atom stereocenters. The fraction of sp³-hybridized carbons (Fsp3) is 0.130. The maximum Gasteiger partial charge on any atom is 0.132 e. The lowest BCUT2D eigenvalue weighted by Crippen LogP contribution is -2.00. The van der Waals surface area contributed by atoms with Crippen molar-refractivity contribution < 1.29 is 0 Å². The lowest BCUT2D eigenvalue weighted by molar-refractivity contribution is 0.784. The number of rotatable bonds is 3. The van der Waals surface area contributed by atoms with Crippen molar-refractivity contribution in [3.05, 3.63) is 84.7 Å². The van der Waals surface area contributed by atoms with Gasteiger partial charge in [0.2, 0.25) is 0 Å². The van der Waals surface area contributed by atoms with Crippen LogP contribution >= 0.6 is 0 Å². The van der Waals surface area contributed by atoms with Crippen molar-refractivity contribution >= 4 is 10.9 Å². The van der Waals surface area contributed by atoms with E-state index in [-0.39, 0.29) is 0 Å². The van der Waals surface area contributed by atoms with Crippen molar-refractivity contribution in [3.8, 4) is 22.4 Å². The lowest BCUT2D eigenvalue weighted by atomic mass is 10.0. The molecule has 0 aliphatic carbocycles. The first-order chi connectivity index (χ1) is 12.2. The standard InChI is InChI=1S/C23H20N2/c1-16(2)23-24-21-11-7-6-10-20(21)22(25-23)19-14-12-18(13-15-19)17-8-4-3-5-9-17/h3-16H,1-2H3. The Morgan fingerprint density at radius 3 is 1.92 bits per heavy atom. The van der Waals surface area contributed by atoms with Gasteiger partial charge >= 0.3 is 0 Å². The van der Waals surface area contributed by atoms with Crippen LogP contribution in [0.4, 0.5) is 0 Å². The van der Waals surface area contributed by atoms with Gasteiger partial charge in [-0.05, 0) is 17.2 Å². The van der Waals surface area contributed by atoms with Gasteiger partial charge < -0.3 is 0 Å². The summed E-state index contributed by atoms with van der Waals surface area (Å²) in [5.41, 5.74) is 5.58. The minimum Gasteiger partial charge on any atom is -0.233 e. The highest BCUT2D eigenvalue weighted by Gasteiger charge is 2.11. The van der Waals surface area contributed by atoms with E-state index in [2.05, 4.69) is 74.5 Å². The molecule has 122 valence electrons. The molecule has 3 aromatic carbocycles. The summed E-state index contributed by atoms with van der Waals surface area (Å²) in [6, 6.07) is 27.3. The molecule has 2 nitrogen and oxygen atoms in total. The van der Waals surface area contributed by atoms with E-state index in [1.165, 1.54) is 11.1 Å². The molecule has 0 saturated carbocycles. The summed E-state index contributed by atoms with van der Waals surface area (Å²) in [6.45, 7) is 4.26. The highest BCUT2D eigenvalue weighted by atomic mass is 14.9. The van der Waals surface area contributed by atoms with Crippen LogP contribution in [0, 0.1) is 0 Å². The Kier molecular flexibility index (Phi) is 4.02. The summed E-state index contributed by atoms with van der Waals surface area (Å²) in [5.74, 6) is 1.19. The number of fused-ring (bicyclic) bond motifs is 1. The van der Waals surface area contributed by atoms with Crippen molar-refractivity contribution in [2.75, 3.05) is 0 Å². The van der Waals surface area contributed by atoms with Gasteiger partial charge in [-0.3, -0.25) is 0 Å². The van der Waals surface area contributed by atoms with Crippen LogP contribution in [0.15, 0.2) is 78.9 Å². The van der Waals surface area contributed by atoms with E-state index >= 15 is 0 Å². The van der Waals surface area contributed by atoms with E-state index in [4.69, 9.17) is 9.97 Å². The smallest absolute Gasteiger partial charge is 0.132 e. The molecule has 0 aliphatic heterocycles. The zero-order valence-electron chi connectivity index (χ0n) is 14.5. The second-order valence-electron chi connectivity index (χ2n) is 6.55. The van der Waals surface area contributed by atoms with E-state index < -0.39 is 0 Å². The molecule has 1 aromatic heterocycles. The minimum atomic E-state index is 0.298. The first-order valence-electron chi connectivity index (χ1n) is 8.65. The Bertz CT molecular complexity index is 1000. The first-order valence-corrected chi connectivity index (χ1v) is 8.65. The number of para-hydroxylation sites is 1. The molecule has 0 spiro atoms. The number of aromatic nitrogens is 2. The Hall–Kier alpha value is -3.00. The van der Waals surface area contributed by atoms with Crippen LogP contribution in [0.25, 0.3) is 33.3 Å². The molecular formula is C23H20N2. The topological polar surface area (TPSA) is 25.8 Å². The van der Waals surface area contributed by atoms with Gasteiger partial charge in [0.15, 0.2) is 0 Å². The van der Waals surface area contributed by atoms with Crippen LogP contribution < -0.4 is 0 Å². The molecule has 0 fully saturated rings. The molecule has 0 aliphatic rings. The Morgan fingerprint density at radius 1 is 0.600 bits per heavy atom. The van der Waals surface area contributed by atoms with Gasteiger partial charge in [-0.25, -0.2) is 9.97 Å². The molecule has 4 rings (SSSR count). The van der Waals surface area contributed by atoms with Crippen molar-refractivity contribution in [2.45, 2.75) is 19.8 Å². The van der Waals surface area contributed by atoms with Crippen LogP contribution in [0.1, 0.15) is 25.6 Å². The summed E-state index contributed by atoms with van der Waals surface area (Å²) in [7, 11) is 0. The second-order valence-corrected chi connectivity index (χ2v) is 6.55. The molecule has 0 atom stereocenters. The number of nitrogens with zero attached hydrogens (tertiary/aromatic N) is 2. The Morgan fingerprint density at radius 2 is 1.20 bits per heavy atom. The maximum absolute atomic E-state index is 4.86. The molecule has 1 heterocycles. The van der Waals surface area contributed by atoms with Crippen LogP contribution in [0.2, 0.25) is 0 Å². The predicted molar refractivity (Wildman–Crippen MR) is 104 cm³/mol. The molecule has 0 bridgehead atoms. The summed E-state index contributed by atoms with van der Waals surface area (Å²) in [5, 5.41) is 1.10. The lowest BCUT2D eigenvalue weighted by Gasteiger charge is -2.11. The van der Waals surface area contributed by atoms with E-state index in [9.17, 15) is 0 Å². The molecule has 0 saturated heterocycles. The monoisotopic (exact) mass is 324 g/mol. The van der Waals surface area contributed by atoms with Crippen LogP contribution in [0.3, 0.4) is 0 Å². The summed E-state index contributed by atoms with van der Waals surface area (Å²) >= 11 is 0. The van der Waals surface area contributed by atoms with Crippen molar-refractivity contribution in [1.82, 2.24) is 9.97 Å². The van der Waals surface area contributed by atoms with Gasteiger partial charge in [0, 0.05) is 16.9 Å². The predicted octanol–water partition coefficient (Wildman–Crippen LogP) is 6.09. The average Bonchev–Trinajstić information content (AvgIpc) is 2.68. The number of hydrogen-bond acceptors (Lipinski definition) is 2. The van der Waals surface area contributed by atoms with Gasteiger partial charge in [-0.15, -0.1) is 0 Å². The molecule has 0 N–H and O–H groups in total. The highest BCUT2D eigenvalue weighted by molar-refractivity contribution is 5.92. The SMILES string of the molecule is CC(C)c1nc(-c2ccc(-c3ccccc3)cc2)c2ccccc2n1. The fourth-order valence-electron chi connectivity index (χ4n) is 3.02. The second kappa shape index (κ2) is 6.48. The number of hydrogen-bond donors (Lipinski definition) is 0. The number of benzene rings is 3. The van der Waals surface area contributed by atoms with Gasteiger partial charge in [0.25, 0.3) is 0 Å². The van der Waals surface area contributed by atoms with E-state index in [0.717, 1.165) is 28.0 Å². The van der Waals surface area contributed by atoms with Gasteiger partial charge in [-0.2, -0.15) is 0 Å². The zero-order valence-corrected chi connectivity index (χ0v) is 14.5. The van der Waals surface area contributed by atoms with E-state index in [1.54, 1.807) is 0 Å². The fourth-order valence-corrected chi connectivity index (χ4v) is 3.02. The highest BCUT2D eigenvalue weighted by Crippen LogP contribution is 2.29. The Labute approximate surface area is 148 Å². The van der Waals surface area contributed by atoms with Crippen molar-refractivity contribution in [2.24, 2.45) is 0 Å². The van der Waals surface area contributed by atoms with Crippen molar-refractivity contribution in [1.29, 1.82) is 0 Å². The third-order valence-electron chi connectivity index (χ3n) is 4.40. The van der Waals surface area contributed by atoms with Crippen molar-refractivity contribution in [3.63, 3.8) is 0 Å². The third kappa shape index (κ3) is 3.03. The zero-order chi connectivity index (χ0) is 17.2. The normalized spacial score (nSPS) is 11.2. The van der Waals surface area contributed by atoms with Gasteiger partial charge in [0.1, 0.15) is 5.82 Å². The van der Waals surface area contributed by atoms with E-state index in [0.29, 0.717) is 5.92 Å². The van der Waals surface area contributed by atoms with Crippen LogP contribution in [0.5, 0.6) is 0 Å². The quantitative estimate of drug-likeness (QED) is 0.456. The summed E-state index contributed by atoms with van der Waals surface area (Å²) < 4.78 is 0.